The molecule has 3 rings (SSSR count). The number of carbonyl (C=O) groups is 1. The molecule has 0 radical (unpaired) electrons. The first-order chi connectivity index (χ1) is 11.1. The van der Waals surface area contributed by atoms with E-state index in [1.807, 2.05) is 24.3 Å². The van der Waals surface area contributed by atoms with Gasteiger partial charge in [0.1, 0.15) is 5.75 Å². The molecule has 23 heavy (non-hydrogen) atoms. The van der Waals surface area contributed by atoms with Crippen LogP contribution in [0.1, 0.15) is 43.7 Å². The van der Waals surface area contributed by atoms with Crippen LogP contribution in [-0.2, 0) is 4.74 Å². The Bertz CT molecular complexity index is 559. The van der Waals surface area contributed by atoms with Crippen LogP contribution >= 0.6 is 0 Å². The average molecular weight is 319 g/mol. The number of hydrogen-bond acceptors (Lipinski definition) is 4. The fourth-order valence-electron chi connectivity index (χ4n) is 4.22. The van der Waals surface area contributed by atoms with E-state index in [9.17, 15) is 9.90 Å². The summed E-state index contributed by atoms with van der Waals surface area (Å²) >= 11 is 0. The Morgan fingerprint density at radius 2 is 1.96 bits per heavy atom. The highest BCUT2D eigenvalue weighted by atomic mass is 16.5. The molecule has 2 fully saturated rings. The first-order valence-corrected chi connectivity index (χ1v) is 8.30. The van der Waals surface area contributed by atoms with Crippen molar-refractivity contribution in [3.63, 3.8) is 0 Å². The molecule has 126 valence electrons. The molecule has 1 amide bonds. The summed E-state index contributed by atoms with van der Waals surface area (Å²) in [5.41, 5.74) is 0.356. The maximum atomic E-state index is 12.2. The summed E-state index contributed by atoms with van der Waals surface area (Å²) in [6.45, 7) is 0.524. The molecular weight excluding hydrogens is 294 g/mol. The van der Waals surface area contributed by atoms with Gasteiger partial charge in [0.15, 0.2) is 0 Å². The number of ether oxygens (including phenoxy) is 2. The first-order valence-electron chi connectivity index (χ1n) is 8.30. The predicted molar refractivity (Wildman–Crippen MR) is 86.4 cm³/mol. The molecule has 1 aliphatic carbocycles. The van der Waals surface area contributed by atoms with Crippen LogP contribution in [-0.4, -0.2) is 42.5 Å². The van der Waals surface area contributed by atoms with Crippen LogP contribution in [0.2, 0.25) is 0 Å². The van der Waals surface area contributed by atoms with Gasteiger partial charge in [-0.1, -0.05) is 25.0 Å². The van der Waals surface area contributed by atoms with Gasteiger partial charge in [-0.15, -0.1) is 0 Å². The molecule has 0 aromatic heterocycles. The normalized spacial score (nSPS) is 30.5. The highest BCUT2D eigenvalue weighted by molar-refractivity contribution is 5.68. The summed E-state index contributed by atoms with van der Waals surface area (Å²) in [4.78, 5) is 14.0. The van der Waals surface area contributed by atoms with Crippen molar-refractivity contribution in [2.45, 2.75) is 43.7 Å². The van der Waals surface area contributed by atoms with Gasteiger partial charge in [0.2, 0.25) is 0 Å². The molecule has 1 saturated heterocycles. The summed E-state index contributed by atoms with van der Waals surface area (Å²) < 4.78 is 10.2. The highest BCUT2D eigenvalue weighted by Crippen LogP contribution is 2.49. The van der Waals surface area contributed by atoms with E-state index in [2.05, 4.69) is 0 Å². The van der Waals surface area contributed by atoms with Gasteiger partial charge in [0.05, 0.1) is 25.9 Å². The van der Waals surface area contributed by atoms with Gasteiger partial charge in [0.25, 0.3) is 0 Å². The molecule has 1 N–H and O–H groups in total. The van der Waals surface area contributed by atoms with E-state index in [0.29, 0.717) is 13.0 Å². The maximum absolute atomic E-state index is 12.2. The van der Waals surface area contributed by atoms with Crippen LogP contribution in [0.15, 0.2) is 24.3 Å². The van der Waals surface area contributed by atoms with Gasteiger partial charge in [0, 0.05) is 12.5 Å². The lowest BCUT2D eigenvalue weighted by molar-refractivity contribution is -0.117. The summed E-state index contributed by atoms with van der Waals surface area (Å²) in [6.07, 6.45) is 4.20. The van der Waals surface area contributed by atoms with Crippen molar-refractivity contribution in [1.29, 1.82) is 0 Å². The zero-order valence-corrected chi connectivity index (χ0v) is 13.8. The average Bonchev–Trinajstić information content (AvgIpc) is 2.59. The number of aliphatic hydroxyl groups is 1. The van der Waals surface area contributed by atoms with Crippen LogP contribution in [0.4, 0.5) is 4.79 Å². The molecule has 0 unspecified atom stereocenters. The lowest BCUT2D eigenvalue weighted by Gasteiger charge is -2.52. The third-order valence-electron chi connectivity index (χ3n) is 5.43. The lowest BCUT2D eigenvalue weighted by atomic mass is 9.66. The smallest absolute Gasteiger partial charge is 0.410 e. The van der Waals surface area contributed by atoms with Crippen LogP contribution in [0, 0.1) is 5.92 Å². The molecular formula is C18H25NO4. The highest BCUT2D eigenvalue weighted by Gasteiger charge is 2.50. The second kappa shape index (κ2) is 6.40. The number of hydrogen-bond donors (Lipinski definition) is 1. The minimum absolute atomic E-state index is 0.0532. The number of carbonyl (C=O) groups excluding carboxylic acids is 1. The third-order valence-corrected chi connectivity index (χ3v) is 5.43. The Morgan fingerprint density at radius 1 is 1.22 bits per heavy atom. The zero-order valence-electron chi connectivity index (χ0n) is 13.8. The molecule has 0 spiro atoms. The number of fused-ring (bicyclic) bond motifs is 1. The summed E-state index contributed by atoms with van der Waals surface area (Å²) in [5.74, 6) is 0.838. The lowest BCUT2D eigenvalue weighted by Crippen LogP contribution is -2.56. The van der Waals surface area contributed by atoms with E-state index in [1.165, 1.54) is 7.11 Å². The summed E-state index contributed by atoms with van der Waals surface area (Å²) in [7, 11) is 3.05. The molecule has 1 heterocycles. The fourth-order valence-corrected chi connectivity index (χ4v) is 4.22. The van der Waals surface area contributed by atoms with Crippen molar-refractivity contribution in [2.24, 2.45) is 5.92 Å². The number of benzene rings is 1. The van der Waals surface area contributed by atoms with Gasteiger partial charge >= 0.3 is 6.09 Å². The number of piperidine rings is 1. The van der Waals surface area contributed by atoms with E-state index >= 15 is 0 Å². The van der Waals surface area contributed by atoms with Crippen LogP contribution < -0.4 is 4.74 Å². The van der Waals surface area contributed by atoms with Crippen LogP contribution in [0.25, 0.3) is 0 Å². The van der Waals surface area contributed by atoms with Crippen molar-refractivity contribution in [2.75, 3.05) is 20.8 Å². The third kappa shape index (κ3) is 2.90. The standard InChI is InChI=1S/C18H25NO4/c1-22-14-8-6-13(7-9-14)16-15-5-3-4-10-18(15,21)11-12-19(16)17(20)23-2/h6-9,15-16,21H,3-5,10-12H2,1-2H3/t15-,16+,18-/m1/s1. The molecule has 1 aromatic rings. The Kier molecular flexibility index (Phi) is 4.48. The van der Waals surface area contributed by atoms with Crippen molar-refractivity contribution in [3.8, 4) is 5.75 Å². The van der Waals surface area contributed by atoms with Gasteiger partial charge in [-0.3, -0.25) is 0 Å². The molecule has 1 aliphatic heterocycles. The first kappa shape index (κ1) is 16.1. The van der Waals surface area contributed by atoms with E-state index in [1.54, 1.807) is 12.0 Å². The maximum Gasteiger partial charge on any atom is 0.410 e. The van der Waals surface area contributed by atoms with Gasteiger partial charge in [-0.05, 0) is 37.0 Å². The molecule has 2 aliphatic rings. The largest absolute Gasteiger partial charge is 0.497 e. The van der Waals surface area contributed by atoms with Crippen LogP contribution in [0.5, 0.6) is 5.75 Å². The van der Waals surface area contributed by atoms with Crippen molar-refractivity contribution in [1.82, 2.24) is 4.90 Å². The van der Waals surface area contributed by atoms with Crippen molar-refractivity contribution in [3.05, 3.63) is 29.8 Å². The minimum atomic E-state index is -0.673. The number of likely N-dealkylation sites (tertiary alicyclic amines) is 1. The molecule has 5 heteroatoms. The summed E-state index contributed by atoms with van der Waals surface area (Å²) in [5, 5.41) is 11.1. The Hall–Kier alpha value is -1.75. The molecule has 3 atom stereocenters. The molecule has 5 nitrogen and oxygen atoms in total. The van der Waals surface area contributed by atoms with Gasteiger partial charge < -0.3 is 19.5 Å². The Morgan fingerprint density at radius 3 is 2.61 bits per heavy atom. The predicted octanol–water partition coefficient (Wildman–Crippen LogP) is 3.13. The minimum Gasteiger partial charge on any atom is -0.497 e. The van der Waals surface area contributed by atoms with Crippen molar-refractivity contribution >= 4 is 6.09 Å². The zero-order chi connectivity index (χ0) is 16.4. The van der Waals surface area contributed by atoms with E-state index < -0.39 is 5.60 Å². The van der Waals surface area contributed by atoms with E-state index in [0.717, 1.165) is 37.0 Å². The van der Waals surface area contributed by atoms with Gasteiger partial charge in [-0.25, -0.2) is 4.79 Å². The quantitative estimate of drug-likeness (QED) is 0.910. The van der Waals surface area contributed by atoms with Crippen molar-refractivity contribution < 1.29 is 19.4 Å². The van der Waals surface area contributed by atoms with E-state index in [4.69, 9.17) is 9.47 Å². The van der Waals surface area contributed by atoms with Gasteiger partial charge in [-0.2, -0.15) is 0 Å². The second-order valence-corrected chi connectivity index (χ2v) is 6.59. The monoisotopic (exact) mass is 319 g/mol. The number of nitrogens with zero attached hydrogens (tertiary/aromatic N) is 1. The number of amides is 1. The molecule has 1 aromatic carbocycles. The summed E-state index contributed by atoms with van der Waals surface area (Å²) in [6, 6.07) is 7.63. The Balaban J connectivity index is 1.98. The molecule has 1 saturated carbocycles. The number of methoxy groups -OCH3 is 2. The Labute approximate surface area is 137 Å². The fraction of sp³-hybridized carbons (Fsp3) is 0.611. The van der Waals surface area contributed by atoms with E-state index in [-0.39, 0.29) is 18.1 Å². The topological polar surface area (TPSA) is 59.0 Å². The van der Waals surface area contributed by atoms with Crippen LogP contribution in [0.3, 0.4) is 0 Å². The molecule has 0 bridgehead atoms. The number of rotatable bonds is 2. The second-order valence-electron chi connectivity index (χ2n) is 6.59. The SMILES string of the molecule is COC(=O)N1CC[C@]2(O)CCCC[C@@H]2[C@@H]1c1ccc(OC)cc1.